The number of benzene rings is 1. The highest BCUT2D eigenvalue weighted by atomic mass is 19.1. The number of hydrogen-bond donors (Lipinski definition) is 2. The lowest BCUT2D eigenvalue weighted by molar-refractivity contribution is 0.275. The third-order valence-corrected chi connectivity index (χ3v) is 5.30. The SMILES string of the molecule is CCNC(=NCc1ccc(F)c(CO)c1)N1CC2CCCCC2C1. The van der Waals surface area contributed by atoms with Crippen LogP contribution in [0.1, 0.15) is 43.7 Å². The van der Waals surface area contributed by atoms with Crippen molar-refractivity contribution >= 4 is 5.96 Å². The highest BCUT2D eigenvalue weighted by Crippen LogP contribution is 2.36. The Morgan fingerprint density at radius 3 is 2.62 bits per heavy atom. The summed E-state index contributed by atoms with van der Waals surface area (Å²) in [5.74, 6) is 2.23. The summed E-state index contributed by atoms with van der Waals surface area (Å²) in [6.07, 6.45) is 5.42. The number of aliphatic hydroxyl groups is 1. The van der Waals surface area contributed by atoms with Crippen LogP contribution in [0.3, 0.4) is 0 Å². The van der Waals surface area contributed by atoms with Crippen LogP contribution in [0.2, 0.25) is 0 Å². The molecule has 2 atom stereocenters. The van der Waals surface area contributed by atoms with E-state index in [1.54, 1.807) is 12.1 Å². The molecule has 1 aromatic carbocycles. The molecule has 0 radical (unpaired) electrons. The number of rotatable bonds is 4. The van der Waals surface area contributed by atoms with Crippen molar-refractivity contribution in [2.45, 2.75) is 45.8 Å². The molecule has 4 nitrogen and oxygen atoms in total. The number of aliphatic hydroxyl groups excluding tert-OH is 1. The van der Waals surface area contributed by atoms with E-state index in [-0.39, 0.29) is 12.4 Å². The van der Waals surface area contributed by atoms with Gasteiger partial charge in [0.25, 0.3) is 0 Å². The summed E-state index contributed by atoms with van der Waals surface area (Å²) in [6, 6.07) is 4.85. The maximum atomic E-state index is 13.5. The Labute approximate surface area is 143 Å². The number of nitrogens with one attached hydrogen (secondary N) is 1. The predicted molar refractivity (Wildman–Crippen MR) is 94.2 cm³/mol. The minimum absolute atomic E-state index is 0.279. The maximum absolute atomic E-state index is 13.5. The molecule has 2 aliphatic rings. The van der Waals surface area contributed by atoms with Crippen LogP contribution in [0, 0.1) is 17.7 Å². The molecule has 2 fully saturated rings. The topological polar surface area (TPSA) is 47.9 Å². The Morgan fingerprint density at radius 1 is 1.29 bits per heavy atom. The minimum atomic E-state index is -0.360. The maximum Gasteiger partial charge on any atom is 0.194 e. The fourth-order valence-electron chi connectivity index (χ4n) is 4.02. The molecule has 0 bridgehead atoms. The summed E-state index contributed by atoms with van der Waals surface area (Å²) >= 11 is 0. The second-order valence-corrected chi connectivity index (χ2v) is 6.96. The van der Waals surface area contributed by atoms with Gasteiger partial charge in [-0.2, -0.15) is 0 Å². The van der Waals surface area contributed by atoms with Gasteiger partial charge in [0.05, 0.1) is 13.2 Å². The number of nitrogens with zero attached hydrogens (tertiary/aromatic N) is 2. The van der Waals surface area contributed by atoms with Crippen LogP contribution in [0.5, 0.6) is 0 Å². The molecule has 2 N–H and O–H groups in total. The van der Waals surface area contributed by atoms with Crippen molar-refractivity contribution in [3.63, 3.8) is 0 Å². The average molecular weight is 333 g/mol. The van der Waals surface area contributed by atoms with Crippen molar-refractivity contribution in [2.24, 2.45) is 16.8 Å². The number of aliphatic imine (C=N–C) groups is 1. The third kappa shape index (κ3) is 3.89. The molecule has 1 aliphatic heterocycles. The van der Waals surface area contributed by atoms with Crippen molar-refractivity contribution in [2.75, 3.05) is 19.6 Å². The van der Waals surface area contributed by atoms with Gasteiger partial charge in [-0.3, -0.25) is 0 Å². The lowest BCUT2D eigenvalue weighted by Crippen LogP contribution is -2.40. The summed E-state index contributed by atoms with van der Waals surface area (Å²) in [5, 5.41) is 12.6. The molecule has 2 unspecified atom stereocenters. The van der Waals surface area contributed by atoms with E-state index in [0.717, 1.165) is 43.0 Å². The van der Waals surface area contributed by atoms with Crippen molar-refractivity contribution < 1.29 is 9.50 Å². The molecule has 1 aromatic rings. The normalized spacial score (nSPS) is 24.1. The first-order valence-corrected chi connectivity index (χ1v) is 9.12. The highest BCUT2D eigenvalue weighted by molar-refractivity contribution is 5.80. The summed E-state index contributed by atoms with van der Waals surface area (Å²) in [7, 11) is 0. The first kappa shape index (κ1) is 17.2. The van der Waals surface area contributed by atoms with Crippen LogP contribution in [-0.2, 0) is 13.2 Å². The van der Waals surface area contributed by atoms with Crippen LogP contribution in [0.4, 0.5) is 4.39 Å². The van der Waals surface area contributed by atoms with Crippen LogP contribution in [0.15, 0.2) is 23.2 Å². The molecule has 1 saturated carbocycles. The molecule has 1 saturated heterocycles. The van der Waals surface area contributed by atoms with E-state index in [1.165, 1.54) is 31.7 Å². The predicted octanol–water partition coefficient (Wildman–Crippen LogP) is 2.91. The number of hydrogen-bond acceptors (Lipinski definition) is 2. The monoisotopic (exact) mass is 333 g/mol. The zero-order valence-electron chi connectivity index (χ0n) is 14.5. The number of halogens is 1. The molecule has 0 amide bonds. The zero-order valence-corrected chi connectivity index (χ0v) is 14.5. The van der Waals surface area contributed by atoms with E-state index in [0.29, 0.717) is 12.1 Å². The van der Waals surface area contributed by atoms with E-state index in [4.69, 9.17) is 4.99 Å². The molecule has 3 rings (SSSR count). The second-order valence-electron chi connectivity index (χ2n) is 6.96. The van der Waals surface area contributed by atoms with E-state index in [9.17, 15) is 9.50 Å². The smallest absolute Gasteiger partial charge is 0.194 e. The van der Waals surface area contributed by atoms with Gasteiger partial charge in [-0.15, -0.1) is 0 Å². The van der Waals surface area contributed by atoms with Crippen LogP contribution in [-0.4, -0.2) is 35.6 Å². The number of fused-ring (bicyclic) bond motifs is 1. The summed E-state index contributed by atoms with van der Waals surface area (Å²) in [6.45, 7) is 5.35. The van der Waals surface area contributed by atoms with Crippen LogP contribution in [0.25, 0.3) is 0 Å². The lowest BCUT2D eigenvalue weighted by atomic mass is 9.82. The summed E-state index contributed by atoms with van der Waals surface area (Å²) < 4.78 is 13.5. The van der Waals surface area contributed by atoms with E-state index < -0.39 is 0 Å². The summed E-state index contributed by atoms with van der Waals surface area (Å²) in [4.78, 5) is 7.15. The molecule has 24 heavy (non-hydrogen) atoms. The first-order chi connectivity index (χ1) is 11.7. The zero-order chi connectivity index (χ0) is 16.9. The first-order valence-electron chi connectivity index (χ1n) is 9.12. The van der Waals surface area contributed by atoms with Crippen LogP contribution < -0.4 is 5.32 Å². The van der Waals surface area contributed by atoms with Crippen molar-refractivity contribution in [3.05, 3.63) is 35.1 Å². The molecule has 132 valence electrons. The fraction of sp³-hybridized carbons (Fsp3) is 0.632. The Hall–Kier alpha value is -1.62. The van der Waals surface area contributed by atoms with E-state index >= 15 is 0 Å². The van der Waals surface area contributed by atoms with Gasteiger partial charge in [0, 0.05) is 25.2 Å². The summed E-state index contributed by atoms with van der Waals surface area (Å²) in [5.41, 5.74) is 1.26. The Kier molecular flexibility index (Phi) is 5.72. The van der Waals surface area contributed by atoms with Gasteiger partial charge in [-0.05, 0) is 49.3 Å². The Balaban J connectivity index is 1.70. The molecular formula is C19H28FN3O. The molecule has 0 spiro atoms. The van der Waals surface area contributed by atoms with Gasteiger partial charge in [-0.25, -0.2) is 9.38 Å². The molecule has 5 heteroatoms. The van der Waals surface area contributed by atoms with Crippen molar-refractivity contribution in [3.8, 4) is 0 Å². The van der Waals surface area contributed by atoms with Gasteiger partial charge in [0.15, 0.2) is 5.96 Å². The van der Waals surface area contributed by atoms with E-state index in [2.05, 4.69) is 17.1 Å². The van der Waals surface area contributed by atoms with E-state index in [1.807, 2.05) is 0 Å². The van der Waals surface area contributed by atoms with Crippen molar-refractivity contribution in [1.82, 2.24) is 10.2 Å². The van der Waals surface area contributed by atoms with Gasteiger partial charge >= 0.3 is 0 Å². The quantitative estimate of drug-likeness (QED) is 0.658. The number of guanidine groups is 1. The van der Waals surface area contributed by atoms with Gasteiger partial charge in [0.2, 0.25) is 0 Å². The highest BCUT2D eigenvalue weighted by Gasteiger charge is 2.35. The Morgan fingerprint density at radius 2 is 2.00 bits per heavy atom. The minimum Gasteiger partial charge on any atom is -0.392 e. The fourth-order valence-corrected chi connectivity index (χ4v) is 4.02. The second kappa shape index (κ2) is 7.97. The molecule has 1 heterocycles. The molecular weight excluding hydrogens is 305 g/mol. The van der Waals surface area contributed by atoms with Gasteiger partial charge in [0.1, 0.15) is 5.82 Å². The van der Waals surface area contributed by atoms with Crippen LogP contribution >= 0.6 is 0 Å². The lowest BCUT2D eigenvalue weighted by Gasteiger charge is -2.22. The molecule has 1 aliphatic carbocycles. The average Bonchev–Trinajstić information content (AvgIpc) is 3.03. The largest absolute Gasteiger partial charge is 0.392 e. The van der Waals surface area contributed by atoms with Gasteiger partial charge in [-0.1, -0.05) is 18.9 Å². The number of likely N-dealkylation sites (tertiary alicyclic amines) is 1. The van der Waals surface area contributed by atoms with Gasteiger partial charge < -0.3 is 15.3 Å². The standard InChI is InChI=1S/C19H28FN3O/c1-2-21-19(23-11-15-5-3-4-6-16(15)12-23)22-10-14-7-8-18(20)17(9-14)13-24/h7-9,15-16,24H,2-6,10-13H2,1H3,(H,21,22). The Bertz CT molecular complexity index is 576. The van der Waals surface area contributed by atoms with Crippen molar-refractivity contribution in [1.29, 1.82) is 0 Å². The molecule has 0 aromatic heterocycles. The third-order valence-electron chi connectivity index (χ3n) is 5.30.